The third-order valence-corrected chi connectivity index (χ3v) is 4.95. The number of halogens is 1. The second-order valence-electron chi connectivity index (χ2n) is 6.60. The summed E-state index contributed by atoms with van der Waals surface area (Å²) in [6.07, 6.45) is 9.96. The van der Waals surface area contributed by atoms with Crippen LogP contribution in [0.25, 0.3) is 6.08 Å². The molecule has 0 fully saturated rings. The van der Waals surface area contributed by atoms with Crippen molar-refractivity contribution in [1.82, 2.24) is 0 Å². The number of rotatable bonds is 8. The van der Waals surface area contributed by atoms with E-state index in [-0.39, 0.29) is 0 Å². The molecule has 0 radical (unpaired) electrons. The van der Waals surface area contributed by atoms with Gasteiger partial charge < -0.3 is 4.74 Å². The summed E-state index contributed by atoms with van der Waals surface area (Å²) in [5, 5.41) is 0.757. The molecular weight excluding hydrogens is 342 g/mol. The van der Waals surface area contributed by atoms with Crippen molar-refractivity contribution in [2.24, 2.45) is 4.99 Å². The van der Waals surface area contributed by atoms with Gasteiger partial charge in [0.15, 0.2) is 0 Å². The van der Waals surface area contributed by atoms with Crippen LogP contribution in [0.5, 0.6) is 5.75 Å². The second-order valence-corrected chi connectivity index (χ2v) is 7.01. The molecule has 0 saturated carbocycles. The first-order chi connectivity index (χ1) is 12.8. The molecule has 0 unspecified atom stereocenters. The van der Waals surface area contributed by atoms with E-state index in [4.69, 9.17) is 16.3 Å². The number of unbranched alkanes of at least 4 members (excludes halogenated alkanes) is 3. The third kappa shape index (κ3) is 4.98. The van der Waals surface area contributed by atoms with E-state index in [0.29, 0.717) is 0 Å². The summed E-state index contributed by atoms with van der Waals surface area (Å²) in [6.45, 7) is 3.84. The van der Waals surface area contributed by atoms with Gasteiger partial charge in [0.05, 0.1) is 12.3 Å². The number of hydrogen-bond acceptors (Lipinski definition) is 2. The lowest BCUT2D eigenvalue weighted by Gasteiger charge is -2.16. The lowest BCUT2D eigenvalue weighted by Crippen LogP contribution is -2.11. The van der Waals surface area contributed by atoms with E-state index in [1.807, 2.05) is 30.3 Å². The number of allylic oxidation sites excluding steroid dienone is 1. The zero-order chi connectivity index (χ0) is 18.2. The van der Waals surface area contributed by atoms with Gasteiger partial charge in [0.2, 0.25) is 0 Å². The predicted molar refractivity (Wildman–Crippen MR) is 112 cm³/mol. The minimum absolute atomic E-state index is 0.757. The van der Waals surface area contributed by atoms with Gasteiger partial charge in [-0.25, -0.2) is 0 Å². The summed E-state index contributed by atoms with van der Waals surface area (Å²) < 4.78 is 5.92. The van der Waals surface area contributed by atoms with Crippen molar-refractivity contribution < 1.29 is 4.74 Å². The summed E-state index contributed by atoms with van der Waals surface area (Å²) in [5.74, 6) is 0.969. The Morgan fingerprint density at radius 1 is 1.08 bits per heavy atom. The quantitative estimate of drug-likeness (QED) is 0.497. The van der Waals surface area contributed by atoms with Crippen LogP contribution in [-0.4, -0.2) is 18.9 Å². The van der Waals surface area contributed by atoms with Crippen molar-refractivity contribution in [3.05, 3.63) is 70.3 Å². The van der Waals surface area contributed by atoms with Crippen LogP contribution in [-0.2, 0) is 6.42 Å². The first kappa shape index (κ1) is 18.7. The number of nitrogens with zero attached hydrogens (tertiary/aromatic N) is 1. The number of ether oxygens (including phenoxy) is 1. The van der Waals surface area contributed by atoms with E-state index in [2.05, 4.69) is 36.2 Å². The fraction of sp³-hybridized carbons (Fsp3) is 0.348. The molecule has 0 bridgehead atoms. The van der Waals surface area contributed by atoms with E-state index in [9.17, 15) is 0 Å². The molecule has 3 rings (SSSR count). The van der Waals surface area contributed by atoms with Crippen LogP contribution in [0.15, 0.2) is 53.5 Å². The Balaban J connectivity index is 1.67. The van der Waals surface area contributed by atoms with Crippen molar-refractivity contribution in [1.29, 1.82) is 0 Å². The highest BCUT2D eigenvalue weighted by molar-refractivity contribution is 6.32. The fourth-order valence-electron chi connectivity index (χ4n) is 3.14. The number of fused-ring (bicyclic) bond motifs is 1. The monoisotopic (exact) mass is 367 g/mol. The molecule has 2 nitrogen and oxygen atoms in total. The average Bonchev–Trinajstić information content (AvgIpc) is 2.67. The summed E-state index contributed by atoms with van der Waals surface area (Å²) in [7, 11) is 0. The lowest BCUT2D eigenvalue weighted by atomic mass is 9.96. The van der Waals surface area contributed by atoms with Crippen LogP contribution in [0.4, 0.5) is 0 Å². The van der Waals surface area contributed by atoms with Crippen molar-refractivity contribution in [3.63, 3.8) is 0 Å². The van der Waals surface area contributed by atoms with E-state index in [1.54, 1.807) is 0 Å². The molecule has 2 aromatic carbocycles. The maximum atomic E-state index is 6.24. The van der Waals surface area contributed by atoms with E-state index >= 15 is 0 Å². The Morgan fingerprint density at radius 2 is 1.96 bits per heavy atom. The van der Waals surface area contributed by atoms with Gasteiger partial charge in [-0.1, -0.05) is 62.1 Å². The molecule has 2 aromatic rings. The van der Waals surface area contributed by atoms with Gasteiger partial charge in [0.25, 0.3) is 0 Å². The fourth-order valence-corrected chi connectivity index (χ4v) is 3.34. The van der Waals surface area contributed by atoms with Crippen molar-refractivity contribution >= 4 is 23.4 Å². The Morgan fingerprint density at radius 3 is 2.81 bits per heavy atom. The van der Waals surface area contributed by atoms with Gasteiger partial charge >= 0.3 is 0 Å². The van der Waals surface area contributed by atoms with Crippen molar-refractivity contribution in [2.75, 3.05) is 13.2 Å². The molecule has 1 aliphatic rings. The van der Waals surface area contributed by atoms with Gasteiger partial charge in [-0.15, -0.1) is 0 Å². The van der Waals surface area contributed by atoms with Crippen LogP contribution in [0, 0.1) is 0 Å². The highest BCUT2D eigenvalue weighted by Crippen LogP contribution is 2.24. The molecule has 0 atom stereocenters. The molecule has 0 saturated heterocycles. The van der Waals surface area contributed by atoms with Gasteiger partial charge in [-0.3, -0.25) is 4.99 Å². The van der Waals surface area contributed by atoms with Gasteiger partial charge in [-0.05, 0) is 54.3 Å². The topological polar surface area (TPSA) is 21.6 Å². The van der Waals surface area contributed by atoms with Gasteiger partial charge in [-0.2, -0.15) is 0 Å². The van der Waals surface area contributed by atoms with Crippen molar-refractivity contribution in [3.8, 4) is 5.75 Å². The maximum absolute atomic E-state index is 6.24. The summed E-state index contributed by atoms with van der Waals surface area (Å²) in [6, 6.07) is 14.2. The minimum Gasteiger partial charge on any atom is -0.494 e. The predicted octanol–water partition coefficient (Wildman–Crippen LogP) is 6.36. The minimum atomic E-state index is 0.757. The normalized spacial score (nSPS) is 13.5. The van der Waals surface area contributed by atoms with Crippen LogP contribution in [0.2, 0.25) is 5.02 Å². The van der Waals surface area contributed by atoms with E-state index in [1.165, 1.54) is 30.4 Å². The number of hydrogen-bond donors (Lipinski definition) is 0. The molecule has 0 aliphatic carbocycles. The Kier molecular flexibility index (Phi) is 6.90. The first-order valence-corrected chi connectivity index (χ1v) is 9.89. The van der Waals surface area contributed by atoms with Crippen molar-refractivity contribution in [2.45, 2.75) is 39.0 Å². The van der Waals surface area contributed by atoms with E-state index < -0.39 is 0 Å². The highest BCUT2D eigenvalue weighted by atomic mass is 35.5. The molecule has 0 N–H and O–H groups in total. The largest absolute Gasteiger partial charge is 0.494 e. The zero-order valence-electron chi connectivity index (χ0n) is 15.4. The zero-order valence-corrected chi connectivity index (χ0v) is 16.1. The number of benzene rings is 2. The molecule has 26 heavy (non-hydrogen) atoms. The van der Waals surface area contributed by atoms with Gasteiger partial charge in [0, 0.05) is 17.1 Å². The van der Waals surface area contributed by atoms with Crippen LogP contribution in [0.1, 0.15) is 49.3 Å². The molecular formula is C23H26ClNO. The Labute approximate surface area is 161 Å². The Bertz CT molecular complexity index is 795. The maximum Gasteiger partial charge on any atom is 0.119 e. The van der Waals surface area contributed by atoms with Gasteiger partial charge in [0.1, 0.15) is 5.75 Å². The lowest BCUT2D eigenvalue weighted by molar-refractivity contribution is 0.305. The van der Waals surface area contributed by atoms with E-state index in [0.717, 1.165) is 48.0 Å². The SMILES string of the molecule is CCCCCCOc1ccc2c(c1)CCN=C2C=Cc1ccccc1Cl. The highest BCUT2D eigenvalue weighted by Gasteiger charge is 2.13. The Hall–Kier alpha value is -2.06. The smallest absolute Gasteiger partial charge is 0.119 e. The molecule has 0 amide bonds. The molecule has 136 valence electrons. The average molecular weight is 368 g/mol. The summed E-state index contributed by atoms with van der Waals surface area (Å²) in [4.78, 5) is 4.69. The summed E-state index contributed by atoms with van der Waals surface area (Å²) >= 11 is 6.24. The first-order valence-electron chi connectivity index (χ1n) is 9.51. The molecule has 0 spiro atoms. The molecule has 0 aromatic heterocycles. The summed E-state index contributed by atoms with van der Waals surface area (Å²) in [5.41, 5.74) is 4.53. The third-order valence-electron chi connectivity index (χ3n) is 4.61. The number of aliphatic imine (C=N–C) groups is 1. The van der Waals surface area contributed by atoms with Crippen LogP contribution >= 0.6 is 11.6 Å². The second kappa shape index (κ2) is 9.59. The van der Waals surface area contributed by atoms with Crippen LogP contribution < -0.4 is 4.74 Å². The molecule has 3 heteroatoms. The molecule has 1 aliphatic heterocycles. The standard InChI is InChI=1S/C23H26ClNO/c1-2-3-4-7-16-26-20-11-12-21-19(17-20)14-15-25-23(21)13-10-18-8-5-6-9-22(18)24/h5-6,8-13,17H,2-4,7,14-16H2,1H3. The van der Waals surface area contributed by atoms with Crippen LogP contribution in [0.3, 0.4) is 0 Å². The molecule has 1 heterocycles.